The molecule has 0 saturated carbocycles. The van der Waals surface area contributed by atoms with E-state index in [1.54, 1.807) is 19.9 Å². The van der Waals surface area contributed by atoms with Crippen molar-refractivity contribution in [1.29, 1.82) is 0 Å². The predicted molar refractivity (Wildman–Crippen MR) is 149 cm³/mol. The van der Waals surface area contributed by atoms with E-state index in [-0.39, 0.29) is 18.0 Å². The highest BCUT2D eigenvalue weighted by atomic mass is 31.2. The van der Waals surface area contributed by atoms with Crippen LogP contribution in [0, 0.1) is 0 Å². The monoisotopic (exact) mass is 570 g/mol. The van der Waals surface area contributed by atoms with Crippen LogP contribution >= 0.6 is 7.82 Å². The lowest BCUT2D eigenvalue weighted by Crippen LogP contribution is -2.27. The number of carbonyl (C=O) groups is 2. The lowest BCUT2D eigenvalue weighted by Gasteiger charge is -2.16. The Bertz CT molecular complexity index is 1290. The Morgan fingerprint density at radius 2 is 1.25 bits per heavy atom. The summed E-state index contributed by atoms with van der Waals surface area (Å²) in [6.07, 6.45) is 1.94. The third-order valence-corrected chi connectivity index (χ3v) is 6.44. The van der Waals surface area contributed by atoms with Crippen LogP contribution in [0.4, 0.5) is 0 Å². The third kappa shape index (κ3) is 12.1. The molecule has 2 aromatic carbocycles. The minimum Gasteiger partial charge on any atom is -0.462 e. The van der Waals surface area contributed by atoms with Gasteiger partial charge < -0.3 is 18.9 Å². The lowest BCUT2D eigenvalue weighted by molar-refractivity contribution is 0.109. The summed E-state index contributed by atoms with van der Waals surface area (Å²) in [7, 11) is -5.03. The first kappa shape index (κ1) is 32.6. The van der Waals surface area contributed by atoms with Crippen LogP contribution in [0.15, 0.2) is 93.8 Å². The minimum absolute atomic E-state index is 0.0258. The molecule has 2 heterocycles. The molecule has 0 aliphatic carbocycles. The second kappa shape index (κ2) is 17.9. The van der Waals surface area contributed by atoms with E-state index < -0.39 is 14.9 Å². The van der Waals surface area contributed by atoms with Crippen molar-refractivity contribution in [1.82, 2.24) is 0 Å². The van der Waals surface area contributed by atoms with Gasteiger partial charge in [0.05, 0.1) is 19.8 Å². The van der Waals surface area contributed by atoms with Crippen LogP contribution in [-0.4, -0.2) is 43.0 Å². The fraction of sp³-hybridized carbons (Fsp3) is 0.214. The molecular formula is C28H32BO10P. The van der Waals surface area contributed by atoms with Gasteiger partial charge in [0.2, 0.25) is 0 Å². The largest absolute Gasteiger partial charge is 0.526 e. The molecule has 0 fully saturated rings. The van der Waals surface area contributed by atoms with Gasteiger partial charge in [-0.1, -0.05) is 60.7 Å². The van der Waals surface area contributed by atoms with Gasteiger partial charge in [-0.05, 0) is 49.2 Å². The van der Waals surface area contributed by atoms with Crippen molar-refractivity contribution in [3.8, 4) is 0 Å². The van der Waals surface area contributed by atoms with Crippen molar-refractivity contribution < 1.29 is 46.6 Å². The zero-order valence-electron chi connectivity index (χ0n) is 22.3. The normalized spacial score (nSPS) is 10.5. The van der Waals surface area contributed by atoms with Crippen LogP contribution < -0.4 is 5.66 Å². The maximum absolute atomic E-state index is 11.9. The lowest BCUT2D eigenvalue weighted by atomic mass is 9.88. The van der Waals surface area contributed by atoms with Crippen LogP contribution in [0.1, 0.15) is 51.8 Å². The molecule has 40 heavy (non-hydrogen) atoms. The number of hydrogen-bond acceptors (Lipinski definition) is 10. The number of carbonyl (C=O) groups excluding carboxylic acids is 2. The average Bonchev–Trinajstić information content (AvgIpc) is 3.64. The van der Waals surface area contributed by atoms with Crippen molar-refractivity contribution in [2.75, 3.05) is 13.2 Å². The van der Waals surface area contributed by atoms with Crippen LogP contribution in [0.5, 0.6) is 0 Å². The fourth-order valence-electron chi connectivity index (χ4n) is 3.08. The summed E-state index contributed by atoms with van der Waals surface area (Å²) in [5.41, 5.74) is 2.09. The van der Waals surface area contributed by atoms with Gasteiger partial charge in [0, 0.05) is 6.42 Å². The Labute approximate surface area is 233 Å². The molecule has 0 radical (unpaired) electrons. The van der Waals surface area contributed by atoms with Gasteiger partial charge in [0.15, 0.2) is 24.1 Å². The second-order valence-electron chi connectivity index (χ2n) is 7.86. The SMILES string of the molecule is CCOP(=O)(OCC)OCc1ccccc1.O=Cc1ccc(B(O)O)o1.O=Cc1ccc(Cc2ccccc2)o1. The maximum atomic E-state index is 11.9. The van der Waals surface area contributed by atoms with Gasteiger partial charge in [-0.15, -0.1) is 0 Å². The molecule has 0 bridgehead atoms. The summed E-state index contributed by atoms with van der Waals surface area (Å²) in [5.74, 6) is 1.29. The fourth-order valence-corrected chi connectivity index (χ4v) is 4.24. The van der Waals surface area contributed by atoms with E-state index in [0.29, 0.717) is 31.5 Å². The molecule has 0 aliphatic heterocycles. The van der Waals surface area contributed by atoms with E-state index in [1.807, 2.05) is 66.7 Å². The van der Waals surface area contributed by atoms with E-state index in [9.17, 15) is 14.2 Å². The molecule has 0 spiro atoms. The smallest absolute Gasteiger partial charge is 0.462 e. The van der Waals surface area contributed by atoms with Crippen LogP contribution in [-0.2, 0) is 31.2 Å². The van der Waals surface area contributed by atoms with Gasteiger partial charge >= 0.3 is 14.9 Å². The zero-order chi connectivity index (χ0) is 29.2. The minimum atomic E-state index is -3.38. The summed E-state index contributed by atoms with van der Waals surface area (Å²) in [6, 6.07) is 25.7. The number of hydrogen-bond donors (Lipinski definition) is 2. The summed E-state index contributed by atoms with van der Waals surface area (Å²) >= 11 is 0. The van der Waals surface area contributed by atoms with Crippen molar-refractivity contribution in [3.05, 3.63) is 113 Å². The average molecular weight is 570 g/mol. The molecule has 0 amide bonds. The molecule has 0 atom stereocenters. The first-order chi connectivity index (χ1) is 19.3. The number of benzene rings is 2. The molecule has 10 nitrogen and oxygen atoms in total. The molecule has 2 N–H and O–H groups in total. The van der Waals surface area contributed by atoms with Gasteiger partial charge in [-0.3, -0.25) is 23.2 Å². The van der Waals surface area contributed by atoms with Gasteiger partial charge in [-0.2, -0.15) is 0 Å². The highest BCUT2D eigenvalue weighted by Gasteiger charge is 2.25. The third-order valence-electron chi connectivity index (χ3n) is 4.84. The second-order valence-corrected chi connectivity index (χ2v) is 9.53. The number of aldehydes is 2. The Balaban J connectivity index is 0.000000216. The maximum Gasteiger partial charge on any atom is 0.526 e. The molecule has 4 rings (SSSR count). The topological polar surface area (TPSA) is 146 Å². The summed E-state index contributed by atoms with van der Waals surface area (Å²) in [4.78, 5) is 20.4. The summed E-state index contributed by atoms with van der Waals surface area (Å²) < 4.78 is 37.0. The van der Waals surface area contributed by atoms with Crippen LogP contribution in [0.25, 0.3) is 0 Å². The molecule has 0 aliphatic rings. The van der Waals surface area contributed by atoms with E-state index in [0.717, 1.165) is 17.7 Å². The predicted octanol–water partition coefficient (Wildman–Crippen LogP) is 4.84. The Hall–Kier alpha value is -3.57. The first-order valence-corrected chi connectivity index (χ1v) is 13.8. The highest BCUT2D eigenvalue weighted by Crippen LogP contribution is 2.49. The molecule has 0 unspecified atom stereocenters. The van der Waals surface area contributed by atoms with Crippen molar-refractivity contribution in [3.63, 3.8) is 0 Å². The molecule has 4 aromatic rings. The van der Waals surface area contributed by atoms with Crippen molar-refractivity contribution in [2.45, 2.75) is 26.9 Å². The molecule has 212 valence electrons. The number of phosphoric ester groups is 1. The van der Waals surface area contributed by atoms with E-state index in [1.165, 1.54) is 17.7 Å². The van der Waals surface area contributed by atoms with Gasteiger partial charge in [0.1, 0.15) is 11.4 Å². The van der Waals surface area contributed by atoms with Gasteiger partial charge in [-0.25, -0.2) is 4.57 Å². The molecule has 2 aromatic heterocycles. The molecule has 12 heteroatoms. The van der Waals surface area contributed by atoms with Gasteiger partial charge in [0.25, 0.3) is 0 Å². The standard InChI is InChI=1S/C12H10O2.C11H17O4P.C5H5BO4/c13-9-12-7-6-11(14-12)8-10-4-2-1-3-5-10;1-3-13-16(12,14-4-2)15-10-11-8-6-5-7-9-11;7-3-4-1-2-5(10-4)6(8)9/h1-7,9H,8H2;5-9H,3-4,10H2,1-2H3;1-3,8-9H. The molecular weight excluding hydrogens is 538 g/mol. The van der Waals surface area contributed by atoms with Crippen LogP contribution in [0.2, 0.25) is 0 Å². The Morgan fingerprint density at radius 3 is 1.70 bits per heavy atom. The quantitative estimate of drug-likeness (QED) is 0.138. The first-order valence-electron chi connectivity index (χ1n) is 12.4. The Kier molecular flexibility index (Phi) is 14.6. The highest BCUT2D eigenvalue weighted by molar-refractivity contribution is 7.48. The van der Waals surface area contributed by atoms with E-state index in [4.69, 9.17) is 28.0 Å². The van der Waals surface area contributed by atoms with E-state index in [2.05, 4.69) is 4.42 Å². The Morgan fingerprint density at radius 1 is 0.725 bits per heavy atom. The number of furan rings is 2. The van der Waals surface area contributed by atoms with Crippen molar-refractivity contribution in [2.24, 2.45) is 0 Å². The number of phosphoric acid groups is 1. The van der Waals surface area contributed by atoms with E-state index >= 15 is 0 Å². The number of rotatable bonds is 12. The summed E-state index contributed by atoms with van der Waals surface area (Å²) in [6.45, 7) is 4.31. The molecule has 0 saturated heterocycles. The summed E-state index contributed by atoms with van der Waals surface area (Å²) in [5, 5.41) is 17.0. The van der Waals surface area contributed by atoms with Crippen molar-refractivity contribution >= 4 is 33.2 Å². The van der Waals surface area contributed by atoms with Crippen LogP contribution in [0.3, 0.4) is 0 Å². The zero-order valence-corrected chi connectivity index (χ0v) is 23.1.